The van der Waals surface area contributed by atoms with Crippen molar-refractivity contribution in [3.05, 3.63) is 95.7 Å². The number of nitrogens with two attached hydrogens (primary N) is 1. The van der Waals surface area contributed by atoms with Gasteiger partial charge in [0.05, 0.1) is 18.3 Å². The van der Waals surface area contributed by atoms with Crippen LogP contribution in [-0.2, 0) is 17.8 Å². The third-order valence-electron chi connectivity index (χ3n) is 5.15. The smallest absolute Gasteiger partial charge is 0.224 e. The number of aromatic nitrogens is 2. The highest BCUT2D eigenvalue weighted by Crippen LogP contribution is 2.22. The summed E-state index contributed by atoms with van der Waals surface area (Å²) >= 11 is 0. The molecule has 0 atom stereocenters. The number of hydrogen-bond acceptors (Lipinski definition) is 3. The van der Waals surface area contributed by atoms with Crippen LogP contribution in [0.1, 0.15) is 16.7 Å². The third-order valence-corrected chi connectivity index (χ3v) is 5.15. The van der Waals surface area contributed by atoms with E-state index in [1.807, 2.05) is 49.4 Å². The fourth-order valence-electron chi connectivity index (χ4n) is 3.43. The summed E-state index contributed by atoms with van der Waals surface area (Å²) in [5.41, 5.74) is 13.1. The number of nitrogen functional groups attached to an aromatic ring is 1. The van der Waals surface area contributed by atoms with Crippen molar-refractivity contribution in [2.24, 2.45) is 0 Å². The fraction of sp³-hybridized carbons (Fsp3) is 0.120. The Morgan fingerprint density at radius 3 is 2.33 bits per heavy atom. The van der Waals surface area contributed by atoms with Gasteiger partial charge in [0.15, 0.2) is 5.95 Å². The molecule has 0 saturated carbocycles. The predicted octanol–water partition coefficient (Wildman–Crippen LogP) is 4.49. The standard InChI is InChI=1S/C25H24N4O/c1-17-13-21(23-16-28-25(26)29-23)11-12-22(17)15-27-24(30)14-18-7-9-20(10-8-18)19-5-3-2-4-6-19/h2-13,16H,14-15H2,1H3,(H,27,30)(H3,26,28,29). The van der Waals surface area contributed by atoms with Crippen LogP contribution in [0, 0.1) is 6.92 Å². The summed E-state index contributed by atoms with van der Waals surface area (Å²) < 4.78 is 0. The highest BCUT2D eigenvalue weighted by molar-refractivity contribution is 5.79. The van der Waals surface area contributed by atoms with Crippen molar-refractivity contribution in [3.8, 4) is 22.4 Å². The number of imidazole rings is 1. The molecule has 150 valence electrons. The minimum atomic E-state index is 0.00674. The average molecular weight is 396 g/mol. The maximum atomic E-state index is 12.4. The molecular formula is C25H24N4O. The summed E-state index contributed by atoms with van der Waals surface area (Å²) in [5, 5.41) is 3.02. The quantitative estimate of drug-likeness (QED) is 0.449. The number of hydrogen-bond donors (Lipinski definition) is 3. The van der Waals surface area contributed by atoms with Crippen LogP contribution in [0.25, 0.3) is 22.4 Å². The summed E-state index contributed by atoms with van der Waals surface area (Å²) in [4.78, 5) is 19.5. The second kappa shape index (κ2) is 8.66. The Morgan fingerprint density at radius 1 is 0.967 bits per heavy atom. The molecule has 4 rings (SSSR count). The molecule has 30 heavy (non-hydrogen) atoms. The Balaban J connectivity index is 1.34. The number of H-pyrrole nitrogens is 1. The average Bonchev–Trinajstić information content (AvgIpc) is 3.20. The molecule has 5 nitrogen and oxygen atoms in total. The van der Waals surface area contributed by atoms with Gasteiger partial charge in [-0.1, -0.05) is 66.7 Å². The van der Waals surface area contributed by atoms with Gasteiger partial charge >= 0.3 is 0 Å². The van der Waals surface area contributed by atoms with E-state index >= 15 is 0 Å². The monoisotopic (exact) mass is 396 g/mol. The molecule has 0 aliphatic heterocycles. The Kier molecular flexibility index (Phi) is 5.61. The molecule has 0 unspecified atom stereocenters. The first-order valence-corrected chi connectivity index (χ1v) is 9.90. The Hall–Kier alpha value is -3.86. The molecular weight excluding hydrogens is 372 g/mol. The first-order valence-electron chi connectivity index (χ1n) is 9.90. The molecule has 1 heterocycles. The van der Waals surface area contributed by atoms with Crippen LogP contribution in [0.5, 0.6) is 0 Å². The Morgan fingerprint density at radius 2 is 1.67 bits per heavy atom. The number of benzene rings is 3. The molecule has 1 aromatic heterocycles. The molecule has 0 aliphatic carbocycles. The minimum Gasteiger partial charge on any atom is -0.369 e. The van der Waals surface area contributed by atoms with Gasteiger partial charge in [-0.3, -0.25) is 4.79 Å². The second-order valence-corrected chi connectivity index (χ2v) is 7.34. The van der Waals surface area contributed by atoms with Crippen LogP contribution in [0.2, 0.25) is 0 Å². The van der Waals surface area contributed by atoms with E-state index < -0.39 is 0 Å². The van der Waals surface area contributed by atoms with Crippen molar-refractivity contribution in [1.82, 2.24) is 15.3 Å². The highest BCUT2D eigenvalue weighted by atomic mass is 16.1. The SMILES string of the molecule is Cc1cc(-c2cnc(N)[nH]2)ccc1CNC(=O)Cc1ccc(-c2ccccc2)cc1. The first-order chi connectivity index (χ1) is 14.6. The largest absolute Gasteiger partial charge is 0.369 e. The van der Waals surface area contributed by atoms with Crippen molar-refractivity contribution < 1.29 is 4.79 Å². The molecule has 3 aromatic carbocycles. The first kappa shape index (κ1) is 19.5. The van der Waals surface area contributed by atoms with Gasteiger partial charge < -0.3 is 16.0 Å². The van der Waals surface area contributed by atoms with E-state index in [0.29, 0.717) is 18.9 Å². The number of rotatable bonds is 6. The molecule has 0 radical (unpaired) electrons. The van der Waals surface area contributed by atoms with Gasteiger partial charge in [-0.2, -0.15) is 0 Å². The zero-order chi connectivity index (χ0) is 20.9. The normalized spacial score (nSPS) is 10.7. The van der Waals surface area contributed by atoms with E-state index in [-0.39, 0.29) is 5.91 Å². The van der Waals surface area contributed by atoms with Gasteiger partial charge in [-0.05, 0) is 46.4 Å². The summed E-state index contributed by atoms with van der Waals surface area (Å²) in [7, 11) is 0. The Labute approximate surface area is 176 Å². The van der Waals surface area contributed by atoms with Gasteiger partial charge in [0.25, 0.3) is 0 Å². The van der Waals surface area contributed by atoms with Crippen molar-refractivity contribution in [1.29, 1.82) is 0 Å². The number of aromatic amines is 1. The Bertz CT molecular complexity index is 1150. The maximum Gasteiger partial charge on any atom is 0.224 e. The second-order valence-electron chi connectivity index (χ2n) is 7.34. The zero-order valence-electron chi connectivity index (χ0n) is 16.9. The summed E-state index contributed by atoms with van der Waals surface area (Å²) in [6, 6.07) is 24.4. The molecule has 4 aromatic rings. The van der Waals surface area contributed by atoms with E-state index in [1.54, 1.807) is 6.20 Å². The molecule has 0 bridgehead atoms. The number of amides is 1. The van der Waals surface area contributed by atoms with Crippen molar-refractivity contribution >= 4 is 11.9 Å². The van der Waals surface area contributed by atoms with Crippen molar-refractivity contribution in [2.75, 3.05) is 5.73 Å². The van der Waals surface area contributed by atoms with E-state index in [9.17, 15) is 4.79 Å². The van der Waals surface area contributed by atoms with Crippen molar-refractivity contribution in [2.45, 2.75) is 19.9 Å². The predicted molar refractivity (Wildman–Crippen MR) is 121 cm³/mol. The molecule has 0 fully saturated rings. The summed E-state index contributed by atoms with van der Waals surface area (Å²) in [6.07, 6.45) is 2.08. The van der Waals surface area contributed by atoms with Gasteiger partial charge in [0.2, 0.25) is 5.91 Å². The topological polar surface area (TPSA) is 83.8 Å². The van der Waals surface area contributed by atoms with Crippen molar-refractivity contribution in [3.63, 3.8) is 0 Å². The number of nitrogens with zero attached hydrogens (tertiary/aromatic N) is 1. The third kappa shape index (κ3) is 4.58. The van der Waals surface area contributed by atoms with Crippen LogP contribution in [0.15, 0.2) is 79.0 Å². The summed E-state index contributed by atoms with van der Waals surface area (Å²) in [5.74, 6) is 0.406. The number of carbonyl (C=O) groups excluding carboxylic acids is 1. The lowest BCUT2D eigenvalue weighted by Gasteiger charge is -2.10. The lowest BCUT2D eigenvalue weighted by atomic mass is 10.0. The lowest BCUT2D eigenvalue weighted by Crippen LogP contribution is -2.24. The van der Waals surface area contributed by atoms with Gasteiger partial charge in [-0.15, -0.1) is 0 Å². The van der Waals surface area contributed by atoms with Crippen LogP contribution in [0.4, 0.5) is 5.95 Å². The van der Waals surface area contributed by atoms with Gasteiger partial charge in [0, 0.05) is 6.54 Å². The molecule has 0 saturated heterocycles. The molecule has 0 spiro atoms. The van der Waals surface area contributed by atoms with Crippen LogP contribution in [-0.4, -0.2) is 15.9 Å². The maximum absolute atomic E-state index is 12.4. The van der Waals surface area contributed by atoms with Gasteiger partial charge in [0.1, 0.15) is 0 Å². The van der Waals surface area contributed by atoms with Crippen LogP contribution in [0.3, 0.4) is 0 Å². The number of nitrogens with one attached hydrogen (secondary N) is 2. The van der Waals surface area contributed by atoms with E-state index in [4.69, 9.17) is 5.73 Å². The summed E-state index contributed by atoms with van der Waals surface area (Å²) in [6.45, 7) is 2.53. The minimum absolute atomic E-state index is 0.00674. The molecule has 5 heteroatoms. The number of aryl methyl sites for hydroxylation is 1. The number of carbonyl (C=O) groups is 1. The van der Waals surface area contributed by atoms with Crippen LogP contribution < -0.4 is 11.1 Å². The van der Waals surface area contributed by atoms with Crippen LogP contribution >= 0.6 is 0 Å². The van der Waals surface area contributed by atoms with E-state index in [1.165, 1.54) is 5.56 Å². The van der Waals surface area contributed by atoms with Gasteiger partial charge in [-0.25, -0.2) is 4.98 Å². The highest BCUT2D eigenvalue weighted by Gasteiger charge is 2.08. The number of anilines is 1. The molecule has 4 N–H and O–H groups in total. The fourth-order valence-corrected chi connectivity index (χ4v) is 3.43. The zero-order valence-corrected chi connectivity index (χ0v) is 16.9. The van der Waals surface area contributed by atoms with E-state index in [2.05, 4.69) is 45.6 Å². The molecule has 1 amide bonds. The van der Waals surface area contributed by atoms with E-state index in [0.717, 1.165) is 33.5 Å². The molecule has 0 aliphatic rings. The lowest BCUT2D eigenvalue weighted by molar-refractivity contribution is -0.120.